The van der Waals surface area contributed by atoms with Gasteiger partial charge in [-0.15, -0.1) is 0 Å². The average molecular weight is 477 g/mol. The molecule has 0 N–H and O–H groups in total. The van der Waals surface area contributed by atoms with Crippen LogP contribution < -0.4 is 0 Å². The lowest BCUT2D eigenvalue weighted by Gasteiger charge is -2.30. The maximum Gasteiger partial charge on any atom is 0.164 e. The van der Waals surface area contributed by atoms with Crippen molar-refractivity contribution in [2.45, 2.75) is 96.5 Å². The number of benzene rings is 2. The standard InChI is InChI=1S/C29H36F4O/c1-3-5-6-8-18-9-13-21(34-17-18)14-10-20-12-16-23-22-15-11-19(7-4-2)26(30)24(22)28(32)29(33)25(23)27(20)31/h11-12,15-16,18,21,28-29H,3-10,13-14,17H2,1-2H3. The predicted octanol–water partition coefficient (Wildman–Crippen LogP) is 8.93. The second-order valence-electron chi connectivity index (χ2n) is 9.99. The molecule has 0 amide bonds. The van der Waals surface area contributed by atoms with Crippen LogP contribution >= 0.6 is 0 Å². The van der Waals surface area contributed by atoms with Gasteiger partial charge in [-0.1, -0.05) is 63.8 Å². The topological polar surface area (TPSA) is 9.23 Å². The van der Waals surface area contributed by atoms with Crippen molar-refractivity contribution in [2.75, 3.05) is 6.61 Å². The zero-order chi connectivity index (χ0) is 24.2. The number of rotatable bonds is 9. The zero-order valence-electron chi connectivity index (χ0n) is 20.3. The monoisotopic (exact) mass is 476 g/mol. The smallest absolute Gasteiger partial charge is 0.164 e. The maximum absolute atomic E-state index is 15.4. The first-order valence-corrected chi connectivity index (χ1v) is 13.0. The number of ether oxygens (including phenoxy) is 1. The molecule has 2 aromatic carbocycles. The lowest BCUT2D eigenvalue weighted by molar-refractivity contribution is -0.0220. The molecular weight excluding hydrogens is 440 g/mol. The van der Waals surface area contributed by atoms with Gasteiger partial charge in [-0.3, -0.25) is 0 Å². The SMILES string of the molecule is CCCCCC1CCC(CCc2ccc3c(c2F)C(F)C(F)c2c-3ccc(CCC)c2F)OC1. The molecular formula is C29H36F4O. The number of halogens is 4. The van der Waals surface area contributed by atoms with Gasteiger partial charge < -0.3 is 4.74 Å². The Labute approximate surface area is 200 Å². The third-order valence-electron chi connectivity index (χ3n) is 7.55. The molecule has 0 saturated carbocycles. The van der Waals surface area contributed by atoms with E-state index in [2.05, 4.69) is 6.92 Å². The molecule has 5 heteroatoms. The van der Waals surface area contributed by atoms with Crippen LogP contribution in [0.1, 0.15) is 99.8 Å². The van der Waals surface area contributed by atoms with Crippen LogP contribution in [-0.4, -0.2) is 12.7 Å². The lowest BCUT2D eigenvalue weighted by Crippen LogP contribution is -2.26. The minimum absolute atomic E-state index is 0.0692. The maximum atomic E-state index is 15.4. The van der Waals surface area contributed by atoms with Crippen molar-refractivity contribution >= 4 is 0 Å². The van der Waals surface area contributed by atoms with Gasteiger partial charge in [0.25, 0.3) is 0 Å². The first kappa shape index (κ1) is 25.2. The van der Waals surface area contributed by atoms with E-state index in [1.165, 1.54) is 25.7 Å². The van der Waals surface area contributed by atoms with Crippen LogP contribution in [0, 0.1) is 17.6 Å². The molecule has 2 aromatic rings. The quantitative estimate of drug-likeness (QED) is 0.259. The van der Waals surface area contributed by atoms with Gasteiger partial charge in [0.1, 0.15) is 11.6 Å². The van der Waals surface area contributed by atoms with Crippen molar-refractivity contribution in [1.82, 2.24) is 0 Å². The van der Waals surface area contributed by atoms with Crippen molar-refractivity contribution in [2.24, 2.45) is 5.92 Å². The number of hydrogen-bond donors (Lipinski definition) is 0. The molecule has 0 radical (unpaired) electrons. The van der Waals surface area contributed by atoms with Gasteiger partial charge in [0, 0.05) is 17.7 Å². The Hall–Kier alpha value is -1.88. The molecule has 4 atom stereocenters. The fraction of sp³-hybridized carbons (Fsp3) is 0.586. The van der Waals surface area contributed by atoms with Crippen molar-refractivity contribution in [3.63, 3.8) is 0 Å². The Morgan fingerprint density at radius 3 is 1.91 bits per heavy atom. The van der Waals surface area contributed by atoms with Crippen molar-refractivity contribution in [3.8, 4) is 11.1 Å². The van der Waals surface area contributed by atoms with E-state index < -0.39 is 24.0 Å². The summed E-state index contributed by atoms with van der Waals surface area (Å²) in [5.74, 6) is -0.799. The summed E-state index contributed by atoms with van der Waals surface area (Å²) in [7, 11) is 0. The van der Waals surface area contributed by atoms with Gasteiger partial charge in [0.05, 0.1) is 6.10 Å². The highest BCUT2D eigenvalue weighted by atomic mass is 19.2. The molecule has 1 nitrogen and oxygen atoms in total. The number of alkyl halides is 2. The lowest BCUT2D eigenvalue weighted by atomic mass is 9.80. The summed E-state index contributed by atoms with van der Waals surface area (Å²) in [5, 5.41) is 0. The molecule has 4 unspecified atom stereocenters. The van der Waals surface area contributed by atoms with E-state index in [-0.39, 0.29) is 28.4 Å². The largest absolute Gasteiger partial charge is 0.378 e. The van der Waals surface area contributed by atoms with Crippen LogP contribution in [0.2, 0.25) is 0 Å². The summed E-state index contributed by atoms with van der Waals surface area (Å²) >= 11 is 0. The molecule has 4 rings (SSSR count). The third-order valence-corrected chi connectivity index (χ3v) is 7.55. The molecule has 0 bridgehead atoms. The summed E-state index contributed by atoms with van der Waals surface area (Å²) < 4.78 is 66.6. The molecule has 34 heavy (non-hydrogen) atoms. The molecule has 186 valence electrons. The van der Waals surface area contributed by atoms with E-state index in [4.69, 9.17) is 4.74 Å². The van der Waals surface area contributed by atoms with Crippen LogP contribution in [0.25, 0.3) is 11.1 Å². The zero-order valence-corrected chi connectivity index (χ0v) is 20.3. The number of fused-ring (bicyclic) bond motifs is 3. The molecule has 0 spiro atoms. The van der Waals surface area contributed by atoms with Gasteiger partial charge in [0.2, 0.25) is 0 Å². The van der Waals surface area contributed by atoms with E-state index in [0.717, 1.165) is 19.4 Å². The third kappa shape index (κ3) is 5.05. The normalized spacial score (nSPS) is 24.1. The van der Waals surface area contributed by atoms with Crippen molar-refractivity contribution in [3.05, 3.63) is 58.2 Å². The number of unbranched alkanes of at least 4 members (excludes halogenated alkanes) is 2. The van der Waals surface area contributed by atoms with Crippen molar-refractivity contribution in [1.29, 1.82) is 0 Å². The summed E-state index contributed by atoms with van der Waals surface area (Å²) in [6.45, 7) is 4.85. The van der Waals surface area contributed by atoms with E-state index in [9.17, 15) is 4.39 Å². The number of aryl methyl sites for hydroxylation is 2. The fourth-order valence-corrected chi connectivity index (χ4v) is 5.55. The van der Waals surface area contributed by atoms with Gasteiger partial charge in [-0.25, -0.2) is 17.6 Å². The van der Waals surface area contributed by atoms with Crippen molar-refractivity contribution < 1.29 is 22.3 Å². The second-order valence-corrected chi connectivity index (χ2v) is 9.99. The highest BCUT2D eigenvalue weighted by Gasteiger charge is 2.39. The molecule has 1 fully saturated rings. The Kier molecular flexibility index (Phi) is 8.34. The van der Waals surface area contributed by atoms with Crippen LogP contribution in [0.4, 0.5) is 17.6 Å². The predicted molar refractivity (Wildman–Crippen MR) is 128 cm³/mol. The van der Waals surface area contributed by atoms with E-state index in [0.29, 0.717) is 42.7 Å². The van der Waals surface area contributed by atoms with Gasteiger partial charge >= 0.3 is 0 Å². The van der Waals surface area contributed by atoms with E-state index >= 15 is 13.2 Å². The Morgan fingerprint density at radius 1 is 0.765 bits per heavy atom. The number of hydrogen-bond acceptors (Lipinski definition) is 1. The minimum atomic E-state index is -2.22. The van der Waals surface area contributed by atoms with E-state index in [1.54, 1.807) is 24.3 Å². The average Bonchev–Trinajstić information content (AvgIpc) is 2.84. The van der Waals surface area contributed by atoms with Crippen LogP contribution in [0.15, 0.2) is 24.3 Å². The molecule has 1 aliphatic carbocycles. The second kappa shape index (κ2) is 11.2. The summed E-state index contributed by atoms with van der Waals surface area (Å²) in [6.07, 6.45) is 4.83. The van der Waals surface area contributed by atoms with Gasteiger partial charge in [0.15, 0.2) is 12.3 Å². The molecule has 0 aromatic heterocycles. The highest BCUT2D eigenvalue weighted by Crippen LogP contribution is 2.51. The first-order valence-electron chi connectivity index (χ1n) is 13.0. The Bertz CT molecular complexity index is 981. The molecule has 2 aliphatic rings. The van der Waals surface area contributed by atoms with Gasteiger partial charge in [-0.05, 0) is 66.7 Å². The van der Waals surface area contributed by atoms with Crippen LogP contribution in [0.5, 0.6) is 0 Å². The van der Waals surface area contributed by atoms with Crippen LogP contribution in [-0.2, 0) is 17.6 Å². The van der Waals surface area contributed by atoms with Gasteiger partial charge in [-0.2, -0.15) is 0 Å². The summed E-state index contributed by atoms with van der Waals surface area (Å²) in [6, 6.07) is 6.47. The molecule has 1 heterocycles. The Balaban J connectivity index is 1.48. The Morgan fingerprint density at radius 2 is 1.38 bits per heavy atom. The summed E-state index contributed by atoms with van der Waals surface area (Å²) in [4.78, 5) is 0. The minimum Gasteiger partial charge on any atom is -0.378 e. The molecule has 1 aliphatic heterocycles. The highest BCUT2D eigenvalue weighted by molar-refractivity contribution is 5.76. The van der Waals surface area contributed by atoms with Crippen LogP contribution in [0.3, 0.4) is 0 Å². The fourth-order valence-electron chi connectivity index (χ4n) is 5.55. The summed E-state index contributed by atoms with van der Waals surface area (Å²) in [5.41, 5.74) is 0.695. The van der Waals surface area contributed by atoms with E-state index in [1.807, 2.05) is 6.92 Å². The first-order chi connectivity index (χ1) is 16.5. The molecule has 1 saturated heterocycles.